The zero-order valence-electron chi connectivity index (χ0n) is 9.98. The van der Waals surface area contributed by atoms with E-state index in [1.807, 2.05) is 24.3 Å². The number of nitriles is 1. The van der Waals surface area contributed by atoms with Gasteiger partial charge < -0.3 is 15.4 Å². The summed E-state index contributed by atoms with van der Waals surface area (Å²) in [6, 6.07) is 9.80. The molecule has 5 nitrogen and oxygen atoms in total. The second-order valence-electron chi connectivity index (χ2n) is 4.12. The number of rotatable bonds is 5. The summed E-state index contributed by atoms with van der Waals surface area (Å²) in [5.74, 6) is 0.755. The van der Waals surface area contributed by atoms with E-state index in [4.69, 9.17) is 10.00 Å². The first-order valence-corrected chi connectivity index (χ1v) is 5.88. The molecule has 0 fully saturated rings. The number of ether oxygens (including phenoxy) is 1. The van der Waals surface area contributed by atoms with Gasteiger partial charge in [-0.1, -0.05) is 18.2 Å². The monoisotopic (exact) mass is 245 g/mol. The van der Waals surface area contributed by atoms with Crippen LogP contribution in [0.3, 0.4) is 0 Å². The minimum Gasteiger partial charge on any atom is -0.488 e. The third-order valence-electron chi connectivity index (χ3n) is 2.74. The predicted molar refractivity (Wildman–Crippen MR) is 66.1 cm³/mol. The van der Waals surface area contributed by atoms with Gasteiger partial charge in [0.1, 0.15) is 18.4 Å². The van der Waals surface area contributed by atoms with Gasteiger partial charge in [-0.3, -0.25) is 4.79 Å². The highest BCUT2D eigenvalue weighted by Gasteiger charge is 2.21. The summed E-state index contributed by atoms with van der Waals surface area (Å²) in [7, 11) is 0. The highest BCUT2D eigenvalue weighted by molar-refractivity contribution is 5.78. The molecule has 0 spiro atoms. The Labute approximate surface area is 106 Å². The van der Waals surface area contributed by atoms with Crippen LogP contribution in [0.15, 0.2) is 24.3 Å². The zero-order chi connectivity index (χ0) is 12.8. The second-order valence-corrected chi connectivity index (χ2v) is 4.12. The molecule has 1 heterocycles. The molecule has 1 atom stereocenters. The standard InChI is InChI=1S/C13H15N3O2/c14-5-6-16-13(17)9-15-8-11-7-10-3-1-2-4-12(10)18-11/h1-4,11,15H,6-9H2,(H,16,17). The highest BCUT2D eigenvalue weighted by atomic mass is 16.5. The third-order valence-corrected chi connectivity index (χ3v) is 2.74. The van der Waals surface area contributed by atoms with E-state index in [1.165, 1.54) is 5.56 Å². The van der Waals surface area contributed by atoms with E-state index >= 15 is 0 Å². The number of hydrogen-bond donors (Lipinski definition) is 2. The molecular formula is C13H15N3O2. The molecule has 94 valence electrons. The Bertz CT molecular complexity index is 443. The van der Waals surface area contributed by atoms with E-state index in [0.717, 1.165) is 12.2 Å². The Kier molecular flexibility index (Phi) is 4.15. The van der Waals surface area contributed by atoms with Crippen LogP contribution in [-0.4, -0.2) is 31.6 Å². The van der Waals surface area contributed by atoms with Gasteiger partial charge in [0, 0.05) is 13.0 Å². The lowest BCUT2D eigenvalue weighted by atomic mass is 10.1. The first-order valence-electron chi connectivity index (χ1n) is 5.88. The van der Waals surface area contributed by atoms with Gasteiger partial charge in [0.15, 0.2) is 0 Å². The molecule has 1 amide bonds. The van der Waals surface area contributed by atoms with Gasteiger partial charge in [0.05, 0.1) is 12.6 Å². The number of carbonyl (C=O) groups is 1. The van der Waals surface area contributed by atoms with E-state index in [-0.39, 0.29) is 25.1 Å². The summed E-state index contributed by atoms with van der Waals surface area (Å²) in [5.41, 5.74) is 1.21. The molecule has 0 saturated carbocycles. The Morgan fingerprint density at radius 2 is 2.33 bits per heavy atom. The lowest BCUT2D eigenvalue weighted by molar-refractivity contribution is -0.120. The van der Waals surface area contributed by atoms with Crippen molar-refractivity contribution in [3.63, 3.8) is 0 Å². The van der Waals surface area contributed by atoms with E-state index in [0.29, 0.717) is 6.54 Å². The fourth-order valence-electron chi connectivity index (χ4n) is 1.92. The summed E-state index contributed by atoms with van der Waals surface area (Å²) in [6.45, 7) is 0.873. The van der Waals surface area contributed by atoms with Gasteiger partial charge in [-0.05, 0) is 11.6 Å². The Morgan fingerprint density at radius 3 is 3.11 bits per heavy atom. The van der Waals surface area contributed by atoms with Crippen LogP contribution in [0.2, 0.25) is 0 Å². The fraction of sp³-hybridized carbons (Fsp3) is 0.385. The molecule has 2 N–H and O–H groups in total. The number of nitrogens with one attached hydrogen (secondary N) is 2. The highest BCUT2D eigenvalue weighted by Crippen LogP contribution is 2.27. The van der Waals surface area contributed by atoms with Crippen LogP contribution in [-0.2, 0) is 11.2 Å². The van der Waals surface area contributed by atoms with Gasteiger partial charge in [-0.25, -0.2) is 0 Å². The largest absolute Gasteiger partial charge is 0.488 e. The molecule has 1 unspecified atom stereocenters. The number of para-hydroxylation sites is 1. The number of hydrogen-bond acceptors (Lipinski definition) is 4. The number of nitrogens with zero attached hydrogens (tertiary/aromatic N) is 1. The normalized spacial score (nSPS) is 16.5. The van der Waals surface area contributed by atoms with Crippen LogP contribution in [0.5, 0.6) is 5.75 Å². The molecule has 1 aliphatic rings. The van der Waals surface area contributed by atoms with Crippen molar-refractivity contribution in [1.82, 2.24) is 10.6 Å². The minimum absolute atomic E-state index is 0.0475. The molecule has 1 aromatic carbocycles. The Hall–Kier alpha value is -2.06. The quantitative estimate of drug-likeness (QED) is 0.728. The summed E-state index contributed by atoms with van der Waals surface area (Å²) < 4.78 is 5.72. The fourth-order valence-corrected chi connectivity index (χ4v) is 1.92. The smallest absolute Gasteiger partial charge is 0.234 e. The van der Waals surface area contributed by atoms with Crippen molar-refractivity contribution >= 4 is 5.91 Å². The predicted octanol–water partition coefficient (Wildman–Crippen LogP) is 0.219. The number of fused-ring (bicyclic) bond motifs is 1. The molecular weight excluding hydrogens is 230 g/mol. The summed E-state index contributed by atoms with van der Waals surface area (Å²) in [5, 5.41) is 13.8. The maximum Gasteiger partial charge on any atom is 0.234 e. The van der Waals surface area contributed by atoms with E-state index in [2.05, 4.69) is 16.7 Å². The zero-order valence-corrected chi connectivity index (χ0v) is 9.98. The van der Waals surface area contributed by atoms with Gasteiger partial charge in [0.25, 0.3) is 0 Å². The molecule has 2 rings (SSSR count). The maximum absolute atomic E-state index is 11.2. The third kappa shape index (κ3) is 3.22. The van der Waals surface area contributed by atoms with Gasteiger partial charge in [0.2, 0.25) is 5.91 Å². The van der Waals surface area contributed by atoms with E-state index in [1.54, 1.807) is 0 Å². The van der Waals surface area contributed by atoms with Crippen molar-refractivity contribution in [2.75, 3.05) is 19.6 Å². The second kappa shape index (κ2) is 6.03. The van der Waals surface area contributed by atoms with Crippen molar-refractivity contribution in [2.45, 2.75) is 12.5 Å². The molecule has 0 radical (unpaired) electrons. The van der Waals surface area contributed by atoms with Gasteiger partial charge in [-0.15, -0.1) is 0 Å². The van der Waals surface area contributed by atoms with Crippen LogP contribution in [0.25, 0.3) is 0 Å². The summed E-state index contributed by atoms with van der Waals surface area (Å²) in [4.78, 5) is 11.2. The number of benzene rings is 1. The summed E-state index contributed by atoms with van der Waals surface area (Å²) >= 11 is 0. The molecule has 0 aromatic heterocycles. The van der Waals surface area contributed by atoms with Gasteiger partial charge >= 0.3 is 0 Å². The molecule has 1 aromatic rings. The van der Waals surface area contributed by atoms with Crippen molar-refractivity contribution < 1.29 is 9.53 Å². The first kappa shape index (κ1) is 12.4. The molecule has 0 saturated heterocycles. The average molecular weight is 245 g/mol. The SMILES string of the molecule is N#CCNC(=O)CNCC1Cc2ccccc2O1. The molecule has 18 heavy (non-hydrogen) atoms. The molecule has 0 bridgehead atoms. The first-order chi connectivity index (χ1) is 8.79. The van der Waals surface area contributed by atoms with Crippen molar-refractivity contribution in [1.29, 1.82) is 5.26 Å². The lowest BCUT2D eigenvalue weighted by Crippen LogP contribution is -2.38. The van der Waals surface area contributed by atoms with Crippen LogP contribution in [0.4, 0.5) is 0 Å². The average Bonchev–Trinajstić information content (AvgIpc) is 2.79. The minimum atomic E-state index is -0.174. The lowest BCUT2D eigenvalue weighted by Gasteiger charge is -2.11. The van der Waals surface area contributed by atoms with Crippen LogP contribution < -0.4 is 15.4 Å². The van der Waals surface area contributed by atoms with Crippen molar-refractivity contribution in [3.8, 4) is 11.8 Å². The Morgan fingerprint density at radius 1 is 1.50 bits per heavy atom. The Balaban J connectivity index is 1.68. The van der Waals surface area contributed by atoms with Crippen molar-refractivity contribution in [2.24, 2.45) is 0 Å². The molecule has 0 aliphatic carbocycles. The maximum atomic E-state index is 11.2. The topological polar surface area (TPSA) is 74.2 Å². The summed E-state index contributed by atoms with van der Waals surface area (Å²) in [6.07, 6.45) is 0.939. The van der Waals surface area contributed by atoms with Crippen LogP contribution in [0, 0.1) is 11.3 Å². The van der Waals surface area contributed by atoms with E-state index < -0.39 is 0 Å². The van der Waals surface area contributed by atoms with Crippen LogP contribution in [0.1, 0.15) is 5.56 Å². The van der Waals surface area contributed by atoms with Crippen molar-refractivity contribution in [3.05, 3.63) is 29.8 Å². The number of carbonyl (C=O) groups excluding carboxylic acids is 1. The molecule has 5 heteroatoms. The van der Waals surface area contributed by atoms with Crippen LogP contribution >= 0.6 is 0 Å². The molecule has 1 aliphatic heterocycles. The van der Waals surface area contributed by atoms with E-state index in [9.17, 15) is 4.79 Å². The van der Waals surface area contributed by atoms with Gasteiger partial charge in [-0.2, -0.15) is 5.26 Å². The number of amides is 1.